The van der Waals surface area contributed by atoms with Gasteiger partial charge in [-0.2, -0.15) is 0 Å². The number of hydrogen-bond acceptors (Lipinski definition) is 8. The number of methoxy groups -OCH3 is 1. The van der Waals surface area contributed by atoms with Crippen molar-refractivity contribution in [3.63, 3.8) is 0 Å². The van der Waals surface area contributed by atoms with Crippen LogP contribution in [0.4, 0.5) is 17.3 Å². The van der Waals surface area contributed by atoms with E-state index in [0.29, 0.717) is 12.4 Å². The van der Waals surface area contributed by atoms with Crippen molar-refractivity contribution in [2.75, 3.05) is 24.8 Å². The van der Waals surface area contributed by atoms with Gasteiger partial charge in [0.25, 0.3) is 0 Å². The molecule has 0 saturated carbocycles. The lowest BCUT2D eigenvalue weighted by Gasteiger charge is -2.08. The molecule has 21 heavy (non-hydrogen) atoms. The van der Waals surface area contributed by atoms with Gasteiger partial charge in [0.2, 0.25) is 17.5 Å². The van der Waals surface area contributed by atoms with Gasteiger partial charge in [0.15, 0.2) is 0 Å². The molecule has 2 rings (SSSR count). The number of aromatic nitrogens is 3. The van der Waals surface area contributed by atoms with Crippen LogP contribution in [-0.2, 0) is 6.54 Å². The molecule has 2 N–H and O–H groups in total. The van der Waals surface area contributed by atoms with E-state index in [1.54, 1.807) is 19.3 Å². The zero-order valence-corrected chi connectivity index (χ0v) is 11.5. The first kappa shape index (κ1) is 14.4. The summed E-state index contributed by atoms with van der Waals surface area (Å²) in [6, 6.07) is 3.52. The highest BCUT2D eigenvalue weighted by Crippen LogP contribution is 2.28. The molecule has 2 aromatic rings. The number of ether oxygens (including phenoxy) is 1. The van der Waals surface area contributed by atoms with E-state index in [-0.39, 0.29) is 17.3 Å². The molecule has 2 heterocycles. The van der Waals surface area contributed by atoms with Gasteiger partial charge in [-0.05, 0) is 5.56 Å². The van der Waals surface area contributed by atoms with Crippen LogP contribution in [0.25, 0.3) is 0 Å². The summed E-state index contributed by atoms with van der Waals surface area (Å²) in [5.41, 5.74) is 0.649. The van der Waals surface area contributed by atoms with Crippen molar-refractivity contribution < 1.29 is 9.66 Å². The van der Waals surface area contributed by atoms with Gasteiger partial charge in [0.1, 0.15) is 6.33 Å². The maximum Gasteiger partial charge on any atom is 0.353 e. The minimum Gasteiger partial charge on any atom is -0.481 e. The predicted octanol–water partition coefficient (Wildman–Crippen LogP) is 1.44. The number of rotatable bonds is 6. The van der Waals surface area contributed by atoms with Crippen LogP contribution >= 0.6 is 0 Å². The Morgan fingerprint density at radius 1 is 1.29 bits per heavy atom. The molecule has 0 spiro atoms. The van der Waals surface area contributed by atoms with Crippen LogP contribution in [0, 0.1) is 10.1 Å². The Labute approximate surface area is 120 Å². The average molecular weight is 290 g/mol. The van der Waals surface area contributed by atoms with E-state index >= 15 is 0 Å². The Kier molecular flexibility index (Phi) is 4.44. The Hall–Kier alpha value is -2.97. The Morgan fingerprint density at radius 2 is 2.05 bits per heavy atom. The standard InChI is InChI=1S/C12H14N6O3/c1-13-11-10(18(19)20)12(17-7-16-11)15-6-8-3-4-9(21-2)14-5-8/h3-5,7H,6H2,1-2H3,(H2,13,15,16,17). The molecule has 0 radical (unpaired) electrons. The van der Waals surface area contributed by atoms with Crippen molar-refractivity contribution in [3.05, 3.63) is 40.3 Å². The number of hydrogen-bond donors (Lipinski definition) is 2. The van der Waals surface area contributed by atoms with E-state index in [1.807, 2.05) is 6.07 Å². The van der Waals surface area contributed by atoms with Crippen molar-refractivity contribution >= 4 is 17.3 Å². The summed E-state index contributed by atoms with van der Waals surface area (Å²) in [7, 11) is 3.09. The summed E-state index contributed by atoms with van der Waals surface area (Å²) in [6.45, 7) is 0.345. The summed E-state index contributed by atoms with van der Waals surface area (Å²) >= 11 is 0. The highest BCUT2D eigenvalue weighted by Gasteiger charge is 2.21. The molecule has 0 saturated heterocycles. The topological polar surface area (TPSA) is 115 Å². The molecular weight excluding hydrogens is 276 g/mol. The monoisotopic (exact) mass is 290 g/mol. The SMILES string of the molecule is CNc1ncnc(NCc2ccc(OC)nc2)c1[N+](=O)[O-]. The van der Waals surface area contributed by atoms with Crippen molar-refractivity contribution in [2.45, 2.75) is 6.54 Å². The van der Waals surface area contributed by atoms with Gasteiger partial charge in [-0.25, -0.2) is 15.0 Å². The van der Waals surface area contributed by atoms with Gasteiger partial charge < -0.3 is 15.4 Å². The lowest BCUT2D eigenvalue weighted by molar-refractivity contribution is -0.383. The van der Waals surface area contributed by atoms with Gasteiger partial charge in [0.05, 0.1) is 12.0 Å². The number of nitrogens with zero attached hydrogens (tertiary/aromatic N) is 4. The Bertz CT molecular complexity index is 631. The van der Waals surface area contributed by atoms with E-state index in [1.165, 1.54) is 13.4 Å². The van der Waals surface area contributed by atoms with E-state index in [2.05, 4.69) is 25.6 Å². The molecule has 0 atom stereocenters. The maximum absolute atomic E-state index is 11.1. The fourth-order valence-corrected chi connectivity index (χ4v) is 1.69. The van der Waals surface area contributed by atoms with Gasteiger partial charge in [0, 0.05) is 25.9 Å². The second-order valence-electron chi connectivity index (χ2n) is 3.99. The van der Waals surface area contributed by atoms with Crippen LogP contribution < -0.4 is 15.4 Å². The van der Waals surface area contributed by atoms with Gasteiger partial charge in [-0.1, -0.05) is 6.07 Å². The molecule has 0 bridgehead atoms. The lowest BCUT2D eigenvalue weighted by atomic mass is 10.3. The second-order valence-corrected chi connectivity index (χ2v) is 3.99. The van der Waals surface area contributed by atoms with Crippen LogP contribution in [0.1, 0.15) is 5.56 Å². The summed E-state index contributed by atoms with van der Waals surface area (Å²) in [6.07, 6.45) is 2.88. The van der Waals surface area contributed by atoms with Crippen LogP contribution in [0.2, 0.25) is 0 Å². The fourth-order valence-electron chi connectivity index (χ4n) is 1.69. The summed E-state index contributed by atoms with van der Waals surface area (Å²) in [5, 5.41) is 16.7. The molecular formula is C12H14N6O3. The average Bonchev–Trinajstić information content (AvgIpc) is 2.52. The number of nitrogens with one attached hydrogen (secondary N) is 2. The fraction of sp³-hybridized carbons (Fsp3) is 0.250. The quantitative estimate of drug-likeness (QED) is 0.606. The zero-order chi connectivity index (χ0) is 15.2. The largest absolute Gasteiger partial charge is 0.481 e. The zero-order valence-electron chi connectivity index (χ0n) is 11.5. The smallest absolute Gasteiger partial charge is 0.353 e. The third kappa shape index (κ3) is 3.32. The van der Waals surface area contributed by atoms with Crippen LogP contribution in [-0.4, -0.2) is 34.0 Å². The van der Waals surface area contributed by atoms with E-state index in [0.717, 1.165) is 5.56 Å². The van der Waals surface area contributed by atoms with Gasteiger partial charge >= 0.3 is 5.69 Å². The molecule has 0 aromatic carbocycles. The molecule has 9 heteroatoms. The van der Waals surface area contributed by atoms with E-state index in [4.69, 9.17) is 4.74 Å². The van der Waals surface area contributed by atoms with Gasteiger partial charge in [-0.15, -0.1) is 0 Å². The molecule has 2 aromatic heterocycles. The summed E-state index contributed by atoms with van der Waals surface area (Å²) in [5.74, 6) is 0.810. The Balaban J connectivity index is 2.17. The highest BCUT2D eigenvalue weighted by molar-refractivity contribution is 5.68. The third-order valence-corrected chi connectivity index (χ3v) is 2.71. The first-order chi connectivity index (χ1) is 10.2. The normalized spacial score (nSPS) is 10.0. The highest BCUT2D eigenvalue weighted by atomic mass is 16.6. The van der Waals surface area contributed by atoms with E-state index < -0.39 is 4.92 Å². The molecule has 0 amide bonds. The maximum atomic E-state index is 11.1. The molecule has 0 aliphatic carbocycles. The van der Waals surface area contributed by atoms with Gasteiger partial charge in [-0.3, -0.25) is 10.1 Å². The minimum absolute atomic E-state index is 0.148. The van der Waals surface area contributed by atoms with Crippen LogP contribution in [0.15, 0.2) is 24.7 Å². The predicted molar refractivity (Wildman–Crippen MR) is 76.3 cm³/mol. The van der Waals surface area contributed by atoms with Crippen molar-refractivity contribution in [2.24, 2.45) is 0 Å². The van der Waals surface area contributed by atoms with Crippen LogP contribution in [0.3, 0.4) is 0 Å². The number of pyridine rings is 1. The molecule has 110 valence electrons. The number of anilines is 2. The van der Waals surface area contributed by atoms with Crippen molar-refractivity contribution in [3.8, 4) is 5.88 Å². The number of nitro groups is 1. The first-order valence-electron chi connectivity index (χ1n) is 6.05. The molecule has 0 unspecified atom stereocenters. The summed E-state index contributed by atoms with van der Waals surface area (Å²) in [4.78, 5) is 22.4. The summed E-state index contributed by atoms with van der Waals surface area (Å²) < 4.78 is 4.96. The lowest BCUT2D eigenvalue weighted by Crippen LogP contribution is -2.08. The molecule has 0 aliphatic heterocycles. The first-order valence-corrected chi connectivity index (χ1v) is 6.05. The van der Waals surface area contributed by atoms with E-state index in [9.17, 15) is 10.1 Å². The molecule has 9 nitrogen and oxygen atoms in total. The van der Waals surface area contributed by atoms with Crippen molar-refractivity contribution in [1.29, 1.82) is 0 Å². The van der Waals surface area contributed by atoms with Crippen molar-refractivity contribution in [1.82, 2.24) is 15.0 Å². The Morgan fingerprint density at radius 3 is 2.62 bits per heavy atom. The molecule has 0 aliphatic rings. The molecule has 0 fully saturated rings. The second kappa shape index (κ2) is 6.46. The minimum atomic E-state index is -0.527. The third-order valence-electron chi connectivity index (χ3n) is 2.71. The van der Waals surface area contributed by atoms with Crippen LogP contribution in [0.5, 0.6) is 5.88 Å².